The van der Waals surface area contributed by atoms with Crippen LogP contribution in [0.2, 0.25) is 0 Å². The number of rotatable bonds is 1. The van der Waals surface area contributed by atoms with E-state index in [1.165, 1.54) is 49.9 Å². The van der Waals surface area contributed by atoms with Gasteiger partial charge in [-0.3, -0.25) is 9.97 Å². The summed E-state index contributed by atoms with van der Waals surface area (Å²) in [6.45, 7) is 2.08. The average molecular weight is 453 g/mol. The Kier molecular flexibility index (Phi) is 5.71. The molecule has 0 bridgehead atoms. The Hall–Kier alpha value is -4.04. The number of pyridine rings is 2. The third-order valence-electron chi connectivity index (χ3n) is 7.29. The highest BCUT2D eigenvalue weighted by atomic mass is 14.6. The lowest BCUT2D eigenvalue weighted by molar-refractivity contribution is 0.586. The van der Waals surface area contributed by atoms with Gasteiger partial charge in [0.2, 0.25) is 0 Å². The van der Waals surface area contributed by atoms with Gasteiger partial charge in [-0.2, -0.15) is 0 Å². The van der Waals surface area contributed by atoms with Gasteiger partial charge in [-0.15, -0.1) is 0 Å². The standard InChI is InChI=1S/C24H21N.C9H7N/c1-16-14-19(12-13-25-16)18-7-9-22-20(15-18)8-11-23-21-5-3-2-4-17(21)6-10-24(22)23;1-2-4-9-7-10-6-5-8(9)3-1/h2-6,8,10-14,18H,7,9,15H2,1H3;1-7H. The molecule has 1 aliphatic rings. The molecular formula is C33H28N2. The molecule has 0 amide bonds. The fraction of sp³-hybridized carbons (Fsp3) is 0.152. The maximum Gasteiger partial charge on any atom is 0.0375 e. The fourth-order valence-electron chi connectivity index (χ4n) is 5.50. The molecule has 35 heavy (non-hydrogen) atoms. The Labute approximate surface area is 206 Å². The summed E-state index contributed by atoms with van der Waals surface area (Å²) in [4.78, 5) is 8.36. The monoisotopic (exact) mass is 452 g/mol. The summed E-state index contributed by atoms with van der Waals surface area (Å²) in [5.41, 5.74) is 5.64. The lowest BCUT2D eigenvalue weighted by atomic mass is 9.78. The summed E-state index contributed by atoms with van der Waals surface area (Å²) in [7, 11) is 0. The number of aryl methyl sites for hydroxylation is 2. The van der Waals surface area contributed by atoms with Crippen LogP contribution < -0.4 is 0 Å². The minimum absolute atomic E-state index is 0.618. The van der Waals surface area contributed by atoms with Gasteiger partial charge in [0.25, 0.3) is 0 Å². The summed E-state index contributed by atoms with van der Waals surface area (Å²) >= 11 is 0. The largest absolute Gasteiger partial charge is 0.264 e. The molecule has 0 aliphatic heterocycles. The number of hydrogen-bond acceptors (Lipinski definition) is 2. The molecule has 6 aromatic rings. The summed E-state index contributed by atoms with van der Waals surface area (Å²) in [6, 6.07) is 32.6. The summed E-state index contributed by atoms with van der Waals surface area (Å²) in [5.74, 6) is 0.618. The zero-order chi connectivity index (χ0) is 23.6. The Bertz CT molecular complexity index is 1590. The van der Waals surface area contributed by atoms with E-state index in [1.54, 1.807) is 5.56 Å². The maximum atomic E-state index is 4.35. The van der Waals surface area contributed by atoms with Crippen LogP contribution in [0.25, 0.3) is 32.3 Å². The molecule has 1 atom stereocenters. The van der Waals surface area contributed by atoms with E-state index in [1.807, 2.05) is 36.8 Å². The van der Waals surface area contributed by atoms with Gasteiger partial charge >= 0.3 is 0 Å². The van der Waals surface area contributed by atoms with Crippen LogP contribution in [0, 0.1) is 6.92 Å². The van der Waals surface area contributed by atoms with E-state index >= 15 is 0 Å². The first kappa shape index (κ1) is 21.5. The quantitative estimate of drug-likeness (QED) is 0.235. The van der Waals surface area contributed by atoms with Crippen molar-refractivity contribution in [1.29, 1.82) is 0 Å². The second kappa shape index (κ2) is 9.31. The van der Waals surface area contributed by atoms with E-state index in [0.717, 1.165) is 18.5 Å². The highest BCUT2D eigenvalue weighted by molar-refractivity contribution is 6.08. The van der Waals surface area contributed by atoms with Crippen LogP contribution in [0.1, 0.15) is 34.7 Å². The summed E-state index contributed by atoms with van der Waals surface area (Å²) < 4.78 is 0. The van der Waals surface area contributed by atoms with Crippen molar-refractivity contribution in [3.63, 3.8) is 0 Å². The van der Waals surface area contributed by atoms with E-state index in [9.17, 15) is 0 Å². The number of hydrogen-bond donors (Lipinski definition) is 0. The van der Waals surface area contributed by atoms with Gasteiger partial charge in [-0.25, -0.2) is 0 Å². The Morgan fingerprint density at radius 2 is 1.49 bits per heavy atom. The predicted octanol–water partition coefficient (Wildman–Crippen LogP) is 8.20. The maximum absolute atomic E-state index is 4.35. The normalized spacial score (nSPS) is 14.9. The van der Waals surface area contributed by atoms with Crippen LogP contribution in [0.4, 0.5) is 0 Å². The Morgan fingerprint density at radius 3 is 2.34 bits per heavy atom. The van der Waals surface area contributed by atoms with Crippen LogP contribution in [0.15, 0.2) is 110 Å². The molecule has 0 saturated carbocycles. The van der Waals surface area contributed by atoms with Crippen LogP contribution >= 0.6 is 0 Å². The predicted molar refractivity (Wildman–Crippen MR) is 147 cm³/mol. The molecule has 0 fully saturated rings. The number of nitrogens with zero attached hydrogens (tertiary/aromatic N) is 2. The van der Waals surface area contributed by atoms with Crippen molar-refractivity contribution in [1.82, 2.24) is 9.97 Å². The second-order valence-corrected chi connectivity index (χ2v) is 9.48. The van der Waals surface area contributed by atoms with E-state index in [2.05, 4.69) is 89.7 Å². The van der Waals surface area contributed by atoms with Gasteiger partial charge in [-0.1, -0.05) is 72.8 Å². The number of benzene rings is 4. The van der Waals surface area contributed by atoms with Crippen molar-refractivity contribution in [3.05, 3.63) is 132 Å². The first-order valence-corrected chi connectivity index (χ1v) is 12.4. The van der Waals surface area contributed by atoms with Gasteiger partial charge < -0.3 is 0 Å². The molecule has 0 spiro atoms. The molecule has 2 aromatic heterocycles. The van der Waals surface area contributed by atoms with Gasteiger partial charge in [0.1, 0.15) is 0 Å². The van der Waals surface area contributed by atoms with Crippen molar-refractivity contribution < 1.29 is 0 Å². The highest BCUT2D eigenvalue weighted by Gasteiger charge is 2.22. The van der Waals surface area contributed by atoms with E-state index in [-0.39, 0.29) is 0 Å². The van der Waals surface area contributed by atoms with Gasteiger partial charge in [0, 0.05) is 24.3 Å². The van der Waals surface area contributed by atoms with E-state index in [0.29, 0.717) is 5.92 Å². The van der Waals surface area contributed by atoms with Gasteiger partial charge in [0.05, 0.1) is 0 Å². The average Bonchev–Trinajstić information content (AvgIpc) is 2.93. The van der Waals surface area contributed by atoms with Crippen molar-refractivity contribution in [2.45, 2.75) is 32.1 Å². The molecule has 0 saturated heterocycles. The minimum Gasteiger partial charge on any atom is -0.264 e. The van der Waals surface area contributed by atoms with Crippen molar-refractivity contribution in [2.24, 2.45) is 0 Å². The molecule has 4 aromatic carbocycles. The minimum atomic E-state index is 0.618. The van der Waals surface area contributed by atoms with E-state index in [4.69, 9.17) is 0 Å². The number of aromatic nitrogens is 2. The molecule has 0 radical (unpaired) electrons. The smallest absolute Gasteiger partial charge is 0.0375 e. The summed E-state index contributed by atoms with van der Waals surface area (Å²) in [6.07, 6.45) is 9.16. The van der Waals surface area contributed by atoms with Crippen molar-refractivity contribution in [3.8, 4) is 0 Å². The molecule has 170 valence electrons. The van der Waals surface area contributed by atoms with Crippen LogP contribution in [-0.4, -0.2) is 9.97 Å². The van der Waals surface area contributed by atoms with Crippen LogP contribution in [0.5, 0.6) is 0 Å². The third kappa shape index (κ3) is 4.28. The molecule has 1 aliphatic carbocycles. The van der Waals surface area contributed by atoms with Gasteiger partial charge in [0.15, 0.2) is 0 Å². The molecule has 0 N–H and O–H groups in total. The lowest BCUT2D eigenvalue weighted by Gasteiger charge is -2.26. The topological polar surface area (TPSA) is 25.8 Å². The molecule has 7 rings (SSSR count). The first-order chi connectivity index (χ1) is 17.3. The Balaban J connectivity index is 0.000000191. The van der Waals surface area contributed by atoms with E-state index < -0.39 is 0 Å². The highest BCUT2D eigenvalue weighted by Crippen LogP contribution is 2.38. The second-order valence-electron chi connectivity index (χ2n) is 9.48. The molecule has 2 nitrogen and oxygen atoms in total. The summed E-state index contributed by atoms with van der Waals surface area (Å²) in [5, 5.41) is 7.99. The SMILES string of the molecule is Cc1cc(C2CCc3c(ccc4c3ccc3ccccc34)C2)ccn1.c1ccc2cnccc2c1. The van der Waals surface area contributed by atoms with Gasteiger partial charge in [-0.05, 0) is 99.3 Å². The van der Waals surface area contributed by atoms with Crippen molar-refractivity contribution >= 4 is 32.3 Å². The zero-order valence-corrected chi connectivity index (χ0v) is 20.0. The van der Waals surface area contributed by atoms with Crippen LogP contribution in [-0.2, 0) is 12.8 Å². The third-order valence-corrected chi connectivity index (χ3v) is 7.29. The molecular weight excluding hydrogens is 424 g/mol. The molecule has 1 unspecified atom stereocenters. The van der Waals surface area contributed by atoms with Crippen LogP contribution in [0.3, 0.4) is 0 Å². The first-order valence-electron chi connectivity index (χ1n) is 12.4. The van der Waals surface area contributed by atoms with Crippen molar-refractivity contribution in [2.75, 3.05) is 0 Å². The molecule has 2 heterocycles. The molecule has 2 heteroatoms. The fourth-order valence-corrected chi connectivity index (χ4v) is 5.50. The Morgan fingerprint density at radius 1 is 0.686 bits per heavy atom. The zero-order valence-electron chi connectivity index (χ0n) is 20.0. The number of fused-ring (bicyclic) bond motifs is 6. The lowest BCUT2D eigenvalue weighted by Crippen LogP contribution is -2.13.